The molecule has 1 atom stereocenters. The molecule has 0 N–H and O–H groups in total. The van der Waals surface area contributed by atoms with Crippen LogP contribution in [0.2, 0.25) is 0 Å². The molecule has 0 aliphatic rings. The first kappa shape index (κ1) is 69.6. The van der Waals surface area contributed by atoms with Crippen LogP contribution in [0.15, 0.2) is 85.1 Å². The fourth-order valence-electron chi connectivity index (χ4n) is 8.76. The van der Waals surface area contributed by atoms with Gasteiger partial charge in [0.25, 0.3) is 0 Å². The summed E-state index contributed by atoms with van der Waals surface area (Å²) < 4.78 is 16.9. The normalized spacial score (nSPS) is 12.6. The third-order valence-electron chi connectivity index (χ3n) is 13.4. The summed E-state index contributed by atoms with van der Waals surface area (Å²) in [7, 11) is 0. The summed E-state index contributed by atoms with van der Waals surface area (Å²) >= 11 is 0. The molecule has 420 valence electrons. The van der Waals surface area contributed by atoms with Crippen molar-refractivity contribution in [3.63, 3.8) is 0 Å². The average molecular weight is 1020 g/mol. The molecule has 0 aliphatic carbocycles. The van der Waals surface area contributed by atoms with E-state index >= 15 is 0 Å². The lowest BCUT2D eigenvalue weighted by atomic mass is 10.0. The van der Waals surface area contributed by atoms with Crippen molar-refractivity contribution in [3.05, 3.63) is 85.1 Å². The Labute approximate surface area is 452 Å². The maximum atomic E-state index is 12.9. The van der Waals surface area contributed by atoms with Crippen LogP contribution in [-0.2, 0) is 28.6 Å². The third kappa shape index (κ3) is 59.3. The van der Waals surface area contributed by atoms with Crippen LogP contribution in [0.25, 0.3) is 0 Å². The highest BCUT2D eigenvalue weighted by atomic mass is 16.6. The molecule has 0 aromatic heterocycles. The maximum absolute atomic E-state index is 12.9. The molecule has 0 radical (unpaired) electrons. The summed E-state index contributed by atoms with van der Waals surface area (Å²) in [6, 6.07) is 0. The minimum atomic E-state index is -0.807. The van der Waals surface area contributed by atoms with Gasteiger partial charge in [-0.15, -0.1) is 0 Å². The van der Waals surface area contributed by atoms with Crippen molar-refractivity contribution in [2.75, 3.05) is 13.2 Å². The molecule has 6 heteroatoms. The van der Waals surface area contributed by atoms with Gasteiger partial charge in [0.15, 0.2) is 6.10 Å². The van der Waals surface area contributed by atoms with Crippen molar-refractivity contribution in [2.45, 2.75) is 309 Å². The summed E-state index contributed by atoms with van der Waals surface area (Å²) in [6.45, 7) is 6.49. The zero-order valence-corrected chi connectivity index (χ0v) is 48.1. The van der Waals surface area contributed by atoms with E-state index in [0.717, 1.165) is 77.0 Å². The van der Waals surface area contributed by atoms with E-state index in [9.17, 15) is 14.4 Å². The second-order valence-corrected chi connectivity index (χ2v) is 20.6. The van der Waals surface area contributed by atoms with Gasteiger partial charge in [-0.05, 0) is 83.5 Å². The van der Waals surface area contributed by atoms with Gasteiger partial charge in [-0.2, -0.15) is 0 Å². The van der Waals surface area contributed by atoms with Crippen LogP contribution in [0.3, 0.4) is 0 Å². The fraction of sp³-hybridized carbons (Fsp3) is 0.746. The quantitative estimate of drug-likeness (QED) is 0.0261. The average Bonchev–Trinajstić information content (AvgIpc) is 3.39. The summed E-state index contributed by atoms with van der Waals surface area (Å²) in [5.41, 5.74) is 0. The van der Waals surface area contributed by atoms with E-state index in [0.29, 0.717) is 19.3 Å². The van der Waals surface area contributed by atoms with Crippen LogP contribution in [0, 0.1) is 0 Å². The molecule has 6 nitrogen and oxygen atoms in total. The van der Waals surface area contributed by atoms with Gasteiger partial charge >= 0.3 is 17.9 Å². The van der Waals surface area contributed by atoms with Gasteiger partial charge < -0.3 is 14.2 Å². The topological polar surface area (TPSA) is 78.9 Å². The lowest BCUT2D eigenvalue weighted by Gasteiger charge is -2.18. The van der Waals surface area contributed by atoms with E-state index in [1.54, 1.807) is 0 Å². The molecule has 0 heterocycles. The molecule has 0 rings (SSSR count). The molecule has 0 aliphatic heterocycles. The molecular formula is C67H116O6. The first-order valence-electron chi connectivity index (χ1n) is 31.1. The van der Waals surface area contributed by atoms with E-state index in [-0.39, 0.29) is 37.5 Å². The van der Waals surface area contributed by atoms with Crippen molar-refractivity contribution in [2.24, 2.45) is 0 Å². The van der Waals surface area contributed by atoms with E-state index in [4.69, 9.17) is 14.2 Å². The molecule has 0 fully saturated rings. The van der Waals surface area contributed by atoms with Gasteiger partial charge in [0, 0.05) is 19.3 Å². The van der Waals surface area contributed by atoms with Crippen LogP contribution in [0.5, 0.6) is 0 Å². The van der Waals surface area contributed by atoms with Gasteiger partial charge in [0.2, 0.25) is 0 Å². The summed E-state index contributed by atoms with van der Waals surface area (Å²) in [4.78, 5) is 38.2. The highest BCUT2D eigenvalue weighted by Crippen LogP contribution is 2.16. The van der Waals surface area contributed by atoms with Gasteiger partial charge in [-0.3, -0.25) is 14.4 Å². The van der Waals surface area contributed by atoms with Crippen LogP contribution >= 0.6 is 0 Å². The summed E-state index contributed by atoms with van der Waals surface area (Å²) in [6.07, 6.45) is 80.2. The molecule has 0 aromatic rings. The summed E-state index contributed by atoms with van der Waals surface area (Å²) in [5.74, 6) is -0.973. The Morgan fingerprint density at radius 2 is 0.562 bits per heavy atom. The van der Waals surface area contributed by atoms with Crippen LogP contribution in [0.1, 0.15) is 303 Å². The Morgan fingerprint density at radius 1 is 0.288 bits per heavy atom. The lowest BCUT2D eigenvalue weighted by Crippen LogP contribution is -2.30. The second kappa shape index (κ2) is 61.1. The number of hydrogen-bond donors (Lipinski definition) is 0. The van der Waals surface area contributed by atoms with Crippen LogP contribution in [-0.4, -0.2) is 37.2 Å². The number of ether oxygens (including phenoxy) is 3. The minimum Gasteiger partial charge on any atom is -0.462 e. The van der Waals surface area contributed by atoms with Crippen LogP contribution in [0.4, 0.5) is 0 Å². The van der Waals surface area contributed by atoms with Gasteiger partial charge in [-0.1, -0.05) is 286 Å². The molecule has 0 amide bonds. The summed E-state index contributed by atoms with van der Waals surface area (Å²) in [5, 5.41) is 0. The van der Waals surface area contributed by atoms with E-state index in [1.165, 1.54) is 180 Å². The van der Waals surface area contributed by atoms with E-state index in [2.05, 4.69) is 99.8 Å². The highest BCUT2D eigenvalue weighted by molar-refractivity contribution is 5.71. The zero-order chi connectivity index (χ0) is 52.9. The number of esters is 3. The van der Waals surface area contributed by atoms with Crippen molar-refractivity contribution >= 4 is 17.9 Å². The highest BCUT2D eigenvalue weighted by Gasteiger charge is 2.19. The molecule has 0 unspecified atom stereocenters. The fourth-order valence-corrected chi connectivity index (χ4v) is 8.76. The zero-order valence-electron chi connectivity index (χ0n) is 48.1. The standard InChI is InChI=1S/C67H116O6/c1-4-7-10-13-16-19-22-25-28-30-32-33-35-37-40-43-46-49-52-55-58-61-67(70)73-64(62-71-65(68)59-56-53-50-47-44-41-38-27-24-21-18-15-12-9-6-3)63-72-66(69)60-57-54-51-48-45-42-39-36-34-31-29-26-23-20-17-14-11-8-5-2/h8,11,17,20,25-26,28-29,34,36,42,45,51,54,64H,4-7,9-10,12-16,18-19,21-24,27,30-33,35,37-41,43-44,46-50,52-53,55-63H2,1-3H3/b11-8-,20-17-,28-25-,29-26-,36-34-,45-42-,54-51-/t64-/m0/s1. The largest absolute Gasteiger partial charge is 0.462 e. The Kier molecular flexibility index (Phi) is 58.3. The maximum Gasteiger partial charge on any atom is 0.306 e. The third-order valence-corrected chi connectivity index (χ3v) is 13.4. The predicted molar refractivity (Wildman–Crippen MR) is 316 cm³/mol. The number of allylic oxidation sites excluding steroid dienone is 14. The second-order valence-electron chi connectivity index (χ2n) is 20.6. The first-order chi connectivity index (χ1) is 36.0. The van der Waals surface area contributed by atoms with E-state index in [1.807, 2.05) is 6.08 Å². The SMILES string of the molecule is CC/C=C\C/C=C\C/C=C\C/C=C\C/C=C\C/C=C\CCC(=O)OC[C@H](COC(=O)CCCCCCCCCCCCCCCCC)OC(=O)CCCCCCCCCCCCC/C=C\CCCCCCCC. The van der Waals surface area contributed by atoms with E-state index < -0.39 is 6.10 Å². The number of carbonyl (C=O) groups is 3. The Morgan fingerprint density at radius 3 is 0.918 bits per heavy atom. The van der Waals surface area contributed by atoms with Crippen molar-refractivity contribution in [1.82, 2.24) is 0 Å². The Balaban J connectivity index is 4.45. The minimum absolute atomic E-state index is 0.0971. The number of rotatable bonds is 56. The van der Waals surface area contributed by atoms with Gasteiger partial charge in [-0.25, -0.2) is 0 Å². The molecule has 0 saturated heterocycles. The monoisotopic (exact) mass is 1020 g/mol. The first-order valence-corrected chi connectivity index (χ1v) is 31.1. The van der Waals surface area contributed by atoms with Gasteiger partial charge in [0.1, 0.15) is 13.2 Å². The predicted octanol–water partition coefficient (Wildman–Crippen LogP) is 21.1. The molecule has 0 spiro atoms. The Hall–Kier alpha value is -3.41. The molecular weight excluding hydrogens is 901 g/mol. The number of unbranched alkanes of at least 4 members (excludes halogenated alkanes) is 31. The lowest BCUT2D eigenvalue weighted by molar-refractivity contribution is -0.166. The number of carbonyl (C=O) groups excluding carboxylic acids is 3. The van der Waals surface area contributed by atoms with Crippen molar-refractivity contribution in [1.29, 1.82) is 0 Å². The Bertz CT molecular complexity index is 1400. The number of hydrogen-bond acceptors (Lipinski definition) is 6. The van der Waals surface area contributed by atoms with Crippen molar-refractivity contribution < 1.29 is 28.6 Å². The molecule has 73 heavy (non-hydrogen) atoms. The molecule has 0 saturated carbocycles. The smallest absolute Gasteiger partial charge is 0.306 e. The van der Waals surface area contributed by atoms with Crippen LogP contribution < -0.4 is 0 Å². The molecule has 0 aromatic carbocycles. The van der Waals surface area contributed by atoms with Crippen molar-refractivity contribution in [3.8, 4) is 0 Å². The van der Waals surface area contributed by atoms with Gasteiger partial charge in [0.05, 0.1) is 0 Å². The molecule has 0 bridgehead atoms.